The van der Waals surface area contributed by atoms with Crippen LogP contribution >= 0.6 is 0 Å². The van der Waals surface area contributed by atoms with Crippen molar-refractivity contribution < 1.29 is 24.2 Å². The molecule has 29 heavy (non-hydrogen) atoms. The van der Waals surface area contributed by atoms with Gasteiger partial charge in [0.25, 0.3) is 0 Å². The Morgan fingerprint density at radius 1 is 1.14 bits per heavy atom. The molecule has 1 aliphatic rings. The maximum atomic E-state index is 11.8. The van der Waals surface area contributed by atoms with E-state index in [2.05, 4.69) is 26.2 Å². The SMILES string of the molecule is C=C1CC/C=C(\C)CC[C@H](C(=C)C)C(OC(C)=O)/C=C(/COC(C)=O)CC[C@H]1O. The third-order valence-electron chi connectivity index (χ3n) is 5.21. The van der Waals surface area contributed by atoms with Gasteiger partial charge in [0.05, 0.1) is 6.10 Å². The van der Waals surface area contributed by atoms with Crippen LogP contribution in [0.1, 0.15) is 66.2 Å². The minimum Gasteiger partial charge on any atom is -0.461 e. The molecule has 5 nitrogen and oxygen atoms in total. The van der Waals surface area contributed by atoms with Gasteiger partial charge in [-0.15, -0.1) is 0 Å². The van der Waals surface area contributed by atoms with E-state index in [0.717, 1.165) is 42.4 Å². The van der Waals surface area contributed by atoms with Crippen molar-refractivity contribution in [2.45, 2.75) is 78.4 Å². The molecule has 0 aromatic rings. The van der Waals surface area contributed by atoms with Crippen LogP contribution in [0.15, 0.2) is 47.6 Å². The molecule has 0 aromatic heterocycles. The summed E-state index contributed by atoms with van der Waals surface area (Å²) < 4.78 is 10.8. The number of ether oxygens (including phenoxy) is 2. The fourth-order valence-electron chi connectivity index (χ4n) is 3.43. The van der Waals surface area contributed by atoms with Crippen LogP contribution in [0.3, 0.4) is 0 Å². The number of hydrogen-bond acceptors (Lipinski definition) is 5. The predicted molar refractivity (Wildman–Crippen MR) is 115 cm³/mol. The van der Waals surface area contributed by atoms with Crippen molar-refractivity contribution in [3.05, 3.63) is 47.6 Å². The van der Waals surface area contributed by atoms with E-state index in [9.17, 15) is 14.7 Å². The van der Waals surface area contributed by atoms with Gasteiger partial charge in [0.2, 0.25) is 0 Å². The quantitative estimate of drug-likeness (QED) is 0.537. The van der Waals surface area contributed by atoms with Gasteiger partial charge in [0, 0.05) is 19.8 Å². The monoisotopic (exact) mass is 404 g/mol. The molecule has 0 heterocycles. The maximum Gasteiger partial charge on any atom is 0.303 e. The molecule has 0 bridgehead atoms. The van der Waals surface area contributed by atoms with Crippen molar-refractivity contribution in [1.82, 2.24) is 0 Å². The summed E-state index contributed by atoms with van der Waals surface area (Å²) in [6, 6.07) is 0. The first-order valence-electron chi connectivity index (χ1n) is 10.3. The Hall–Kier alpha value is -2.14. The summed E-state index contributed by atoms with van der Waals surface area (Å²) in [5.74, 6) is -0.792. The minimum absolute atomic E-state index is 0.0441. The number of hydrogen-bond donors (Lipinski definition) is 1. The molecular formula is C24H36O5. The van der Waals surface area contributed by atoms with Gasteiger partial charge in [-0.05, 0) is 69.6 Å². The molecule has 1 rings (SSSR count). The van der Waals surface area contributed by atoms with Crippen molar-refractivity contribution in [3.63, 3.8) is 0 Å². The van der Waals surface area contributed by atoms with E-state index < -0.39 is 12.2 Å². The van der Waals surface area contributed by atoms with E-state index in [1.807, 2.05) is 13.0 Å². The van der Waals surface area contributed by atoms with Crippen LogP contribution in [0.2, 0.25) is 0 Å². The second-order valence-corrected chi connectivity index (χ2v) is 7.97. The van der Waals surface area contributed by atoms with Gasteiger partial charge in [-0.2, -0.15) is 0 Å². The molecule has 0 aliphatic heterocycles. The molecule has 5 heteroatoms. The highest BCUT2D eigenvalue weighted by molar-refractivity contribution is 5.66. The van der Waals surface area contributed by atoms with Crippen LogP contribution in [0.4, 0.5) is 0 Å². The van der Waals surface area contributed by atoms with Gasteiger partial charge < -0.3 is 14.6 Å². The van der Waals surface area contributed by atoms with Crippen LogP contribution < -0.4 is 0 Å². The van der Waals surface area contributed by atoms with Crippen LogP contribution in [0, 0.1) is 5.92 Å². The topological polar surface area (TPSA) is 72.8 Å². The number of allylic oxidation sites excluding steroid dienone is 2. The summed E-state index contributed by atoms with van der Waals surface area (Å²) in [5.41, 5.74) is 3.80. The lowest BCUT2D eigenvalue weighted by Crippen LogP contribution is -2.26. The predicted octanol–water partition coefficient (Wildman–Crippen LogP) is 4.82. The summed E-state index contributed by atoms with van der Waals surface area (Å²) >= 11 is 0. The van der Waals surface area contributed by atoms with E-state index in [-0.39, 0.29) is 24.5 Å². The molecular weight excluding hydrogens is 368 g/mol. The average Bonchev–Trinajstić information content (AvgIpc) is 2.61. The van der Waals surface area contributed by atoms with Gasteiger partial charge in [0.1, 0.15) is 12.7 Å². The largest absolute Gasteiger partial charge is 0.461 e. The second kappa shape index (κ2) is 12.4. The minimum atomic E-state index is -0.628. The lowest BCUT2D eigenvalue weighted by molar-refractivity contribution is -0.146. The van der Waals surface area contributed by atoms with Crippen molar-refractivity contribution in [2.75, 3.05) is 6.61 Å². The summed E-state index contributed by atoms with van der Waals surface area (Å²) in [7, 11) is 0. The van der Waals surface area contributed by atoms with Crippen molar-refractivity contribution in [3.8, 4) is 0 Å². The second-order valence-electron chi connectivity index (χ2n) is 7.97. The highest BCUT2D eigenvalue weighted by atomic mass is 16.5. The zero-order valence-electron chi connectivity index (χ0n) is 18.3. The number of rotatable bonds is 4. The fourth-order valence-corrected chi connectivity index (χ4v) is 3.43. The third-order valence-corrected chi connectivity index (χ3v) is 5.21. The van der Waals surface area contributed by atoms with Crippen molar-refractivity contribution >= 4 is 11.9 Å². The molecule has 1 unspecified atom stereocenters. The number of esters is 2. The number of aliphatic hydroxyl groups excluding tert-OH is 1. The summed E-state index contributed by atoms with van der Waals surface area (Å²) in [4.78, 5) is 23.1. The first-order chi connectivity index (χ1) is 13.6. The van der Waals surface area contributed by atoms with E-state index in [4.69, 9.17) is 9.47 Å². The molecule has 162 valence electrons. The Labute approximate surface area is 175 Å². The van der Waals surface area contributed by atoms with E-state index in [0.29, 0.717) is 12.8 Å². The molecule has 0 saturated carbocycles. The lowest BCUT2D eigenvalue weighted by atomic mass is 9.86. The molecule has 0 saturated heterocycles. The Bertz CT molecular complexity index is 671. The standard InChI is InChI=1S/C24H36O5/c1-16(2)22-12-10-17(3)8-7-9-18(4)23(27)13-11-21(15-28-19(5)25)14-24(22)29-20(6)26/h8,14,22-24,27H,1,4,7,9-13,15H2,2-3,5-6H3/b17-8+,21-14+/t22-,23-,24?/m1/s1. The van der Waals surface area contributed by atoms with Gasteiger partial charge in [0.15, 0.2) is 0 Å². The van der Waals surface area contributed by atoms with Crippen LogP contribution in [-0.4, -0.2) is 35.9 Å². The molecule has 1 aliphatic carbocycles. The molecule has 3 atom stereocenters. The fraction of sp³-hybridized carbons (Fsp3) is 0.583. The molecule has 1 N–H and O–H groups in total. The molecule has 0 amide bonds. The first kappa shape index (κ1) is 24.9. The molecule has 0 fully saturated rings. The van der Waals surface area contributed by atoms with Gasteiger partial charge in [-0.3, -0.25) is 9.59 Å². The van der Waals surface area contributed by atoms with E-state index in [1.54, 1.807) is 0 Å². The van der Waals surface area contributed by atoms with Crippen molar-refractivity contribution in [1.29, 1.82) is 0 Å². The highest BCUT2D eigenvalue weighted by Gasteiger charge is 2.24. The van der Waals surface area contributed by atoms with Gasteiger partial charge in [-0.1, -0.05) is 30.4 Å². The van der Waals surface area contributed by atoms with E-state index in [1.165, 1.54) is 19.4 Å². The van der Waals surface area contributed by atoms with Crippen LogP contribution in [0.5, 0.6) is 0 Å². The zero-order chi connectivity index (χ0) is 22.0. The lowest BCUT2D eigenvalue weighted by Gasteiger charge is -2.27. The van der Waals surface area contributed by atoms with Crippen molar-refractivity contribution in [2.24, 2.45) is 5.92 Å². The zero-order valence-corrected chi connectivity index (χ0v) is 18.3. The summed E-state index contributed by atoms with van der Waals surface area (Å²) in [6.45, 7) is 15.0. The maximum absolute atomic E-state index is 11.8. The van der Waals surface area contributed by atoms with Crippen LogP contribution in [-0.2, 0) is 19.1 Å². The highest BCUT2D eigenvalue weighted by Crippen LogP contribution is 2.28. The summed E-state index contributed by atoms with van der Waals surface area (Å²) in [6.07, 6.45) is 7.15. The summed E-state index contributed by atoms with van der Waals surface area (Å²) in [5, 5.41) is 10.4. The first-order valence-corrected chi connectivity index (χ1v) is 10.3. The normalized spacial score (nSPS) is 28.2. The molecule has 0 spiro atoms. The average molecular weight is 405 g/mol. The smallest absolute Gasteiger partial charge is 0.303 e. The van der Waals surface area contributed by atoms with Gasteiger partial charge in [-0.25, -0.2) is 0 Å². The van der Waals surface area contributed by atoms with Gasteiger partial charge >= 0.3 is 11.9 Å². The Kier molecular flexibility index (Phi) is 10.7. The number of aliphatic hydroxyl groups is 1. The third kappa shape index (κ3) is 9.75. The van der Waals surface area contributed by atoms with Crippen LogP contribution in [0.25, 0.3) is 0 Å². The molecule has 0 aromatic carbocycles. The van der Waals surface area contributed by atoms with E-state index >= 15 is 0 Å². The number of carbonyl (C=O) groups excluding carboxylic acids is 2. The molecule has 0 radical (unpaired) electrons. The Balaban J connectivity index is 3.26. The Morgan fingerprint density at radius 3 is 2.41 bits per heavy atom. The number of carbonyl (C=O) groups is 2. The Morgan fingerprint density at radius 2 is 1.83 bits per heavy atom.